The average Bonchev–Trinajstić information content (AvgIpc) is 2.57. The highest BCUT2D eigenvalue weighted by Crippen LogP contribution is 2.05. The minimum Gasteiger partial charge on any atom is -0.481 e. The summed E-state index contributed by atoms with van der Waals surface area (Å²) in [6.45, 7) is 1.91. The van der Waals surface area contributed by atoms with Crippen LogP contribution in [0.3, 0.4) is 0 Å². The molecule has 2 aromatic rings. The molecule has 0 aliphatic carbocycles. The quantitative estimate of drug-likeness (QED) is 0.788. The molecule has 6 nitrogen and oxygen atoms in total. The van der Waals surface area contributed by atoms with E-state index in [0.717, 1.165) is 5.56 Å². The van der Waals surface area contributed by atoms with Crippen molar-refractivity contribution in [2.75, 3.05) is 0 Å². The lowest BCUT2D eigenvalue weighted by molar-refractivity contribution is -0.137. The van der Waals surface area contributed by atoms with Crippen LogP contribution in [-0.2, 0) is 11.2 Å². The Balaban J connectivity index is 2.35. The van der Waals surface area contributed by atoms with Gasteiger partial charge in [-0.2, -0.15) is 0 Å². The molecule has 6 heteroatoms. The summed E-state index contributed by atoms with van der Waals surface area (Å²) in [5.41, 5.74) is 0.985. The van der Waals surface area contributed by atoms with Crippen LogP contribution in [0.4, 0.5) is 0 Å². The maximum atomic E-state index is 10.4. The average molecular weight is 206 g/mol. The molecule has 0 atom stereocenters. The van der Waals surface area contributed by atoms with Gasteiger partial charge in [-0.25, -0.2) is 4.98 Å². The van der Waals surface area contributed by atoms with Crippen LogP contribution >= 0.6 is 0 Å². The zero-order valence-electron chi connectivity index (χ0n) is 8.21. The number of aromatic nitrogens is 4. The molecule has 0 aliphatic heterocycles. The summed E-state index contributed by atoms with van der Waals surface area (Å²) in [6, 6.07) is 0. The lowest BCUT2D eigenvalue weighted by atomic mass is 10.3. The van der Waals surface area contributed by atoms with Crippen LogP contribution in [0.25, 0.3) is 5.78 Å². The third kappa shape index (κ3) is 1.93. The highest BCUT2D eigenvalue weighted by Gasteiger charge is 2.07. The van der Waals surface area contributed by atoms with Crippen molar-refractivity contribution in [2.24, 2.45) is 0 Å². The van der Waals surface area contributed by atoms with Gasteiger partial charge < -0.3 is 5.11 Å². The zero-order valence-corrected chi connectivity index (χ0v) is 8.21. The van der Waals surface area contributed by atoms with E-state index in [1.807, 2.05) is 13.1 Å². The maximum absolute atomic E-state index is 10.4. The minimum atomic E-state index is -0.840. The van der Waals surface area contributed by atoms with Gasteiger partial charge in [0.1, 0.15) is 5.82 Å². The number of carbonyl (C=O) groups is 1. The highest BCUT2D eigenvalue weighted by atomic mass is 16.4. The molecular weight excluding hydrogens is 196 g/mol. The van der Waals surface area contributed by atoms with Gasteiger partial charge in [0, 0.05) is 18.8 Å². The van der Waals surface area contributed by atoms with Crippen molar-refractivity contribution in [1.29, 1.82) is 0 Å². The summed E-state index contributed by atoms with van der Waals surface area (Å²) in [5.74, 6) is 0.289. The number of rotatable bonds is 3. The summed E-state index contributed by atoms with van der Waals surface area (Å²) in [5, 5.41) is 16.3. The first-order chi connectivity index (χ1) is 7.16. The Morgan fingerprint density at radius 1 is 1.53 bits per heavy atom. The maximum Gasteiger partial charge on any atom is 0.303 e. The molecule has 78 valence electrons. The fraction of sp³-hybridized carbons (Fsp3) is 0.333. The van der Waals surface area contributed by atoms with Gasteiger partial charge in [-0.1, -0.05) is 0 Å². The number of fused-ring (bicyclic) bond motifs is 1. The third-order valence-corrected chi connectivity index (χ3v) is 2.03. The highest BCUT2D eigenvalue weighted by molar-refractivity contribution is 5.66. The predicted octanol–water partition coefficient (Wildman–Crippen LogP) is 0.450. The molecule has 15 heavy (non-hydrogen) atoms. The molecule has 2 heterocycles. The summed E-state index contributed by atoms with van der Waals surface area (Å²) in [6.07, 6.45) is 3.96. The number of carboxylic acids is 1. The monoisotopic (exact) mass is 206 g/mol. The molecule has 0 unspecified atom stereocenters. The van der Waals surface area contributed by atoms with Crippen molar-refractivity contribution in [3.05, 3.63) is 23.8 Å². The molecule has 0 fully saturated rings. The minimum absolute atomic E-state index is 0.0503. The standard InChI is InChI=1S/C9H10N4O2/c1-6-4-10-9-12-11-7(13(9)5-6)2-3-8(14)15/h4-5H,2-3H2,1H3,(H,14,15). The number of hydrogen-bond acceptors (Lipinski definition) is 4. The van der Waals surface area contributed by atoms with Crippen LogP contribution in [0.1, 0.15) is 17.8 Å². The molecule has 2 aromatic heterocycles. The molecule has 1 N–H and O–H groups in total. The van der Waals surface area contributed by atoms with Gasteiger partial charge in [-0.05, 0) is 12.5 Å². The first-order valence-electron chi connectivity index (χ1n) is 4.55. The van der Waals surface area contributed by atoms with Crippen molar-refractivity contribution < 1.29 is 9.90 Å². The van der Waals surface area contributed by atoms with Crippen LogP contribution in [0, 0.1) is 6.92 Å². The second-order valence-corrected chi connectivity index (χ2v) is 3.31. The van der Waals surface area contributed by atoms with Crippen LogP contribution in [0.15, 0.2) is 12.4 Å². The van der Waals surface area contributed by atoms with Crippen molar-refractivity contribution in [3.8, 4) is 0 Å². The van der Waals surface area contributed by atoms with Gasteiger partial charge in [0.25, 0.3) is 5.78 Å². The smallest absolute Gasteiger partial charge is 0.303 e. The molecule has 0 amide bonds. The predicted molar refractivity (Wildman–Crippen MR) is 51.5 cm³/mol. The molecule has 0 bridgehead atoms. The number of aryl methyl sites for hydroxylation is 2. The van der Waals surface area contributed by atoms with Crippen LogP contribution in [-0.4, -0.2) is 30.7 Å². The topological polar surface area (TPSA) is 80.4 Å². The van der Waals surface area contributed by atoms with Gasteiger partial charge in [0.15, 0.2) is 0 Å². The summed E-state index contributed by atoms with van der Waals surface area (Å²) < 4.78 is 1.72. The molecule has 0 saturated carbocycles. The Kier molecular flexibility index (Phi) is 2.32. The van der Waals surface area contributed by atoms with Gasteiger partial charge in [0.05, 0.1) is 6.42 Å². The largest absolute Gasteiger partial charge is 0.481 e. The molecule has 0 aromatic carbocycles. The Morgan fingerprint density at radius 2 is 2.33 bits per heavy atom. The second kappa shape index (κ2) is 3.64. The fourth-order valence-corrected chi connectivity index (χ4v) is 1.32. The van der Waals surface area contributed by atoms with Crippen molar-refractivity contribution >= 4 is 11.7 Å². The lowest BCUT2D eigenvalue weighted by Crippen LogP contribution is -2.02. The Labute approximate surface area is 85.6 Å². The van der Waals surface area contributed by atoms with Crippen LogP contribution < -0.4 is 0 Å². The normalized spacial score (nSPS) is 10.7. The van der Waals surface area contributed by atoms with Gasteiger partial charge >= 0.3 is 5.97 Å². The molecule has 0 spiro atoms. The van der Waals surface area contributed by atoms with E-state index in [1.54, 1.807) is 10.6 Å². The number of aliphatic carboxylic acids is 1. The molecule has 0 radical (unpaired) electrons. The fourth-order valence-electron chi connectivity index (χ4n) is 1.32. The van der Waals surface area contributed by atoms with Gasteiger partial charge in [-0.3, -0.25) is 9.20 Å². The van der Waals surface area contributed by atoms with Gasteiger partial charge in [-0.15, -0.1) is 10.2 Å². The SMILES string of the molecule is Cc1cnc2nnc(CCC(=O)O)n2c1. The lowest BCUT2D eigenvalue weighted by Gasteiger charge is -1.98. The zero-order chi connectivity index (χ0) is 10.8. The molecular formula is C9H10N4O2. The van der Waals surface area contributed by atoms with Gasteiger partial charge in [0.2, 0.25) is 0 Å². The number of hydrogen-bond donors (Lipinski definition) is 1. The van der Waals surface area contributed by atoms with Crippen molar-refractivity contribution in [2.45, 2.75) is 19.8 Å². The summed E-state index contributed by atoms with van der Waals surface area (Å²) in [7, 11) is 0. The van der Waals surface area contributed by atoms with Crippen molar-refractivity contribution in [3.63, 3.8) is 0 Å². The van der Waals surface area contributed by atoms with E-state index in [4.69, 9.17) is 5.11 Å². The molecule has 2 rings (SSSR count). The van der Waals surface area contributed by atoms with E-state index in [-0.39, 0.29) is 6.42 Å². The number of nitrogens with zero attached hydrogens (tertiary/aromatic N) is 4. The summed E-state index contributed by atoms with van der Waals surface area (Å²) >= 11 is 0. The molecule has 0 aliphatic rings. The van der Waals surface area contributed by atoms with E-state index >= 15 is 0 Å². The molecule has 0 saturated heterocycles. The van der Waals surface area contributed by atoms with Crippen LogP contribution in [0.2, 0.25) is 0 Å². The third-order valence-electron chi connectivity index (χ3n) is 2.03. The number of carboxylic acid groups (broad SMARTS) is 1. The van der Waals surface area contributed by atoms with E-state index < -0.39 is 5.97 Å². The second-order valence-electron chi connectivity index (χ2n) is 3.31. The van der Waals surface area contributed by atoms with E-state index in [1.165, 1.54) is 0 Å². The van der Waals surface area contributed by atoms with E-state index in [2.05, 4.69) is 15.2 Å². The van der Waals surface area contributed by atoms with Crippen molar-refractivity contribution in [1.82, 2.24) is 19.6 Å². The Morgan fingerprint density at radius 3 is 3.07 bits per heavy atom. The summed E-state index contributed by atoms with van der Waals surface area (Å²) in [4.78, 5) is 14.5. The van der Waals surface area contributed by atoms with E-state index in [0.29, 0.717) is 18.0 Å². The Bertz CT molecular complexity index is 506. The Hall–Kier alpha value is -1.98. The first-order valence-corrected chi connectivity index (χ1v) is 4.55. The van der Waals surface area contributed by atoms with E-state index in [9.17, 15) is 4.79 Å². The first kappa shape index (κ1) is 9.57. The van der Waals surface area contributed by atoms with Crippen LogP contribution in [0.5, 0.6) is 0 Å².